The number of ketones is 1. The zero-order valence-electron chi connectivity index (χ0n) is 5.53. The number of rotatable bonds is 3. The fraction of sp³-hybridized carbons (Fsp3) is 0.800. The molecule has 0 rings (SSSR count). The molecule has 0 aliphatic rings. The van der Waals surface area contributed by atoms with E-state index in [1.165, 1.54) is 6.92 Å². The Hall–Kier alpha value is -1.02. The Labute approximate surface area is 53.5 Å². The van der Waals surface area contributed by atoms with E-state index in [2.05, 4.69) is 10.0 Å². The normalized spacial score (nSPS) is 11.8. The van der Waals surface area contributed by atoms with Gasteiger partial charge in [-0.25, -0.2) is 0 Å². The first kappa shape index (κ1) is 7.98. The largest absolute Gasteiger partial charge is 0.300 e. The van der Waals surface area contributed by atoms with Crippen LogP contribution in [0.4, 0.5) is 0 Å². The van der Waals surface area contributed by atoms with Crippen molar-refractivity contribution >= 4 is 5.78 Å². The van der Waals surface area contributed by atoms with Gasteiger partial charge in [0.15, 0.2) is 0 Å². The third kappa shape index (κ3) is 4.84. The molecule has 4 heteroatoms. The molecule has 0 radical (unpaired) electrons. The number of carbonyl (C=O) groups is 1. The Balaban J connectivity index is 3.62. The van der Waals surface area contributed by atoms with Gasteiger partial charge in [-0.3, -0.25) is 0 Å². The molecule has 0 bridgehead atoms. The summed E-state index contributed by atoms with van der Waals surface area (Å²) >= 11 is 0. The lowest BCUT2D eigenvalue weighted by Gasteiger charge is -1.96. The van der Waals surface area contributed by atoms with E-state index in [1.54, 1.807) is 6.92 Å². The van der Waals surface area contributed by atoms with Crippen LogP contribution in [0.3, 0.4) is 0 Å². The van der Waals surface area contributed by atoms with Gasteiger partial charge in [-0.05, 0) is 12.5 Å². The van der Waals surface area contributed by atoms with Crippen molar-refractivity contribution in [3.05, 3.63) is 10.4 Å². The van der Waals surface area contributed by atoms with Crippen molar-refractivity contribution in [3.8, 4) is 0 Å². The zero-order valence-corrected chi connectivity index (χ0v) is 5.53. The Kier molecular flexibility index (Phi) is 3.48. The van der Waals surface area contributed by atoms with Gasteiger partial charge in [0.05, 0.1) is 0 Å². The third-order valence-electron chi connectivity index (χ3n) is 0.832. The monoisotopic (exact) mass is 127 g/mol. The average molecular weight is 127 g/mol. The maximum Gasteiger partial charge on any atom is 0.130 e. The average Bonchev–Trinajstić information content (AvgIpc) is 1.63. The van der Waals surface area contributed by atoms with E-state index in [0.29, 0.717) is 6.42 Å². The lowest BCUT2D eigenvalue weighted by atomic mass is 10.2. The quantitative estimate of drug-likeness (QED) is 0.323. The summed E-state index contributed by atoms with van der Waals surface area (Å²) in [6.07, 6.45) is 0.337. The molecule has 0 heterocycles. The molecule has 0 aliphatic carbocycles. The highest BCUT2D eigenvalue weighted by Crippen LogP contribution is 1.96. The van der Waals surface area contributed by atoms with Crippen LogP contribution >= 0.6 is 0 Å². The van der Waals surface area contributed by atoms with E-state index in [9.17, 15) is 4.79 Å². The van der Waals surface area contributed by atoms with Crippen LogP contribution in [0.25, 0.3) is 10.4 Å². The van der Waals surface area contributed by atoms with Crippen LogP contribution in [0.1, 0.15) is 20.3 Å². The molecule has 0 saturated carbocycles. The highest BCUT2D eigenvalue weighted by Gasteiger charge is 2.00. The van der Waals surface area contributed by atoms with Gasteiger partial charge in [-0.1, -0.05) is 12.0 Å². The van der Waals surface area contributed by atoms with Crippen molar-refractivity contribution < 1.29 is 4.79 Å². The van der Waals surface area contributed by atoms with Gasteiger partial charge in [-0.2, -0.15) is 0 Å². The van der Waals surface area contributed by atoms with E-state index in [1.807, 2.05) is 0 Å². The molecule has 0 aromatic heterocycles. The van der Waals surface area contributed by atoms with Crippen LogP contribution in [0.2, 0.25) is 0 Å². The summed E-state index contributed by atoms with van der Waals surface area (Å²) in [7, 11) is 0. The van der Waals surface area contributed by atoms with Crippen molar-refractivity contribution in [2.75, 3.05) is 0 Å². The fourth-order valence-corrected chi connectivity index (χ4v) is 0.545. The molecule has 9 heavy (non-hydrogen) atoms. The summed E-state index contributed by atoms with van der Waals surface area (Å²) in [6.45, 7) is 3.19. The predicted molar refractivity (Wildman–Crippen MR) is 33.9 cm³/mol. The Bertz CT molecular complexity index is 148. The lowest BCUT2D eigenvalue weighted by molar-refractivity contribution is -0.117. The molecule has 50 valence electrons. The number of Topliss-reactive ketones (excluding diaryl/α,β-unsaturated/α-hetero) is 1. The lowest BCUT2D eigenvalue weighted by Crippen LogP contribution is -2.02. The van der Waals surface area contributed by atoms with Crippen LogP contribution in [0, 0.1) is 0 Å². The molecule has 4 nitrogen and oxygen atoms in total. The number of nitrogens with zero attached hydrogens (tertiary/aromatic N) is 3. The minimum Gasteiger partial charge on any atom is -0.300 e. The van der Waals surface area contributed by atoms with Gasteiger partial charge >= 0.3 is 0 Å². The third-order valence-corrected chi connectivity index (χ3v) is 0.832. The van der Waals surface area contributed by atoms with E-state index in [-0.39, 0.29) is 11.8 Å². The zero-order chi connectivity index (χ0) is 7.28. The minimum atomic E-state index is -0.201. The molecule has 0 fully saturated rings. The molecule has 0 saturated heterocycles. The van der Waals surface area contributed by atoms with Gasteiger partial charge in [-0.15, -0.1) is 0 Å². The van der Waals surface area contributed by atoms with Gasteiger partial charge in [0.2, 0.25) is 0 Å². The van der Waals surface area contributed by atoms with Crippen molar-refractivity contribution in [2.24, 2.45) is 5.11 Å². The summed E-state index contributed by atoms with van der Waals surface area (Å²) in [5.41, 5.74) is 7.90. The van der Waals surface area contributed by atoms with Gasteiger partial charge in [0.1, 0.15) is 5.78 Å². The molecule has 1 unspecified atom stereocenters. The van der Waals surface area contributed by atoms with E-state index < -0.39 is 0 Å². The summed E-state index contributed by atoms with van der Waals surface area (Å²) in [4.78, 5) is 12.9. The topological polar surface area (TPSA) is 65.8 Å². The molecular weight excluding hydrogens is 118 g/mol. The Morgan fingerprint density at radius 1 is 1.89 bits per heavy atom. The predicted octanol–water partition coefficient (Wildman–Crippen LogP) is 1.66. The second kappa shape index (κ2) is 3.92. The SMILES string of the molecule is CC(=O)CC(C)N=[N+]=[N-]. The van der Waals surface area contributed by atoms with Gasteiger partial charge < -0.3 is 4.79 Å². The van der Waals surface area contributed by atoms with Gasteiger partial charge in [0, 0.05) is 17.4 Å². The first-order valence-electron chi connectivity index (χ1n) is 2.70. The number of carbonyl (C=O) groups excluding carboxylic acids is 1. The van der Waals surface area contributed by atoms with Crippen molar-refractivity contribution in [2.45, 2.75) is 26.3 Å². The van der Waals surface area contributed by atoms with Crippen LogP contribution < -0.4 is 0 Å². The van der Waals surface area contributed by atoms with Crippen LogP contribution in [0.5, 0.6) is 0 Å². The molecular formula is C5H9N3O. The van der Waals surface area contributed by atoms with E-state index in [4.69, 9.17) is 5.53 Å². The highest BCUT2D eigenvalue weighted by atomic mass is 16.1. The second-order valence-electron chi connectivity index (χ2n) is 1.96. The van der Waals surface area contributed by atoms with Crippen molar-refractivity contribution in [1.29, 1.82) is 0 Å². The number of hydrogen-bond acceptors (Lipinski definition) is 2. The maximum absolute atomic E-state index is 10.3. The standard InChI is InChI=1S/C5H9N3O/c1-4(7-8-6)3-5(2)9/h4H,3H2,1-2H3. The fourth-order valence-electron chi connectivity index (χ4n) is 0.545. The summed E-state index contributed by atoms with van der Waals surface area (Å²) in [5, 5.41) is 3.32. The number of hydrogen-bond donors (Lipinski definition) is 0. The van der Waals surface area contributed by atoms with E-state index >= 15 is 0 Å². The van der Waals surface area contributed by atoms with Crippen LogP contribution in [-0.2, 0) is 4.79 Å². The maximum atomic E-state index is 10.3. The van der Waals surface area contributed by atoms with E-state index in [0.717, 1.165) is 0 Å². The smallest absolute Gasteiger partial charge is 0.130 e. The van der Waals surface area contributed by atoms with Crippen LogP contribution in [-0.4, -0.2) is 11.8 Å². The molecule has 0 spiro atoms. The minimum absolute atomic E-state index is 0.0508. The molecule has 0 aromatic rings. The summed E-state index contributed by atoms with van der Waals surface area (Å²) in [5.74, 6) is 0.0508. The molecule has 0 aliphatic heterocycles. The highest BCUT2D eigenvalue weighted by molar-refractivity contribution is 5.76. The first-order chi connectivity index (χ1) is 4.16. The summed E-state index contributed by atoms with van der Waals surface area (Å²) in [6, 6.07) is -0.201. The Morgan fingerprint density at radius 2 is 2.44 bits per heavy atom. The number of azide groups is 1. The van der Waals surface area contributed by atoms with Crippen molar-refractivity contribution in [3.63, 3.8) is 0 Å². The van der Waals surface area contributed by atoms with Crippen molar-refractivity contribution in [1.82, 2.24) is 0 Å². The second-order valence-corrected chi connectivity index (χ2v) is 1.96. The molecule has 0 amide bonds. The Morgan fingerprint density at radius 3 is 2.78 bits per heavy atom. The van der Waals surface area contributed by atoms with Crippen LogP contribution in [0.15, 0.2) is 5.11 Å². The first-order valence-corrected chi connectivity index (χ1v) is 2.70. The van der Waals surface area contributed by atoms with Gasteiger partial charge in [0.25, 0.3) is 0 Å². The molecule has 0 aromatic carbocycles. The molecule has 0 N–H and O–H groups in total. The molecule has 1 atom stereocenters. The summed E-state index contributed by atoms with van der Waals surface area (Å²) < 4.78 is 0.